The van der Waals surface area contributed by atoms with E-state index < -0.39 is 0 Å². The number of rotatable bonds is 9. The average Bonchev–Trinajstić information content (AvgIpc) is 3.23. The zero-order valence-electron chi connectivity index (χ0n) is 16.8. The maximum absolute atomic E-state index is 12.7. The third-order valence-electron chi connectivity index (χ3n) is 4.35. The van der Waals surface area contributed by atoms with Crippen molar-refractivity contribution in [3.05, 3.63) is 58.7 Å². The average molecular weight is 462 g/mol. The van der Waals surface area contributed by atoms with E-state index in [1.165, 1.54) is 11.0 Å². The van der Waals surface area contributed by atoms with Gasteiger partial charge in [0.1, 0.15) is 0 Å². The standard InChI is InChI=1S/C21H21Cl2N5O3/c1-2-11-28(13-18(29)25-17-4-3-15(22)12-16(17)23)20(30)6-5-19-26-21(27-31-19)14-7-9-24-10-8-14/h3-4,7-10,12H,2,5-6,11,13H2,1H3,(H,25,29). The molecule has 8 nitrogen and oxygen atoms in total. The van der Waals surface area contributed by atoms with Crippen molar-refractivity contribution in [1.29, 1.82) is 0 Å². The van der Waals surface area contributed by atoms with Gasteiger partial charge in [0.15, 0.2) is 0 Å². The van der Waals surface area contributed by atoms with E-state index in [4.69, 9.17) is 27.7 Å². The molecule has 2 aromatic heterocycles. The summed E-state index contributed by atoms with van der Waals surface area (Å²) in [5.41, 5.74) is 1.22. The van der Waals surface area contributed by atoms with Gasteiger partial charge in [0.05, 0.1) is 17.3 Å². The molecule has 2 amide bonds. The maximum atomic E-state index is 12.7. The number of carbonyl (C=O) groups excluding carboxylic acids is 2. The Morgan fingerprint density at radius 1 is 1.16 bits per heavy atom. The summed E-state index contributed by atoms with van der Waals surface area (Å²) in [4.78, 5) is 34.9. The molecule has 162 valence electrons. The van der Waals surface area contributed by atoms with Gasteiger partial charge in [-0.15, -0.1) is 0 Å². The summed E-state index contributed by atoms with van der Waals surface area (Å²) >= 11 is 12.0. The van der Waals surface area contributed by atoms with Gasteiger partial charge in [-0.05, 0) is 36.8 Å². The Bertz CT molecular complexity index is 1040. The molecule has 10 heteroatoms. The SMILES string of the molecule is CCCN(CC(=O)Nc1ccc(Cl)cc1Cl)C(=O)CCc1nc(-c2ccncc2)no1. The summed E-state index contributed by atoms with van der Waals surface area (Å²) in [6, 6.07) is 8.33. The molecule has 0 bridgehead atoms. The Kier molecular flexibility index (Phi) is 7.97. The molecule has 0 fully saturated rings. The summed E-state index contributed by atoms with van der Waals surface area (Å²) in [6.45, 7) is 2.30. The molecule has 0 aliphatic rings. The molecule has 0 aliphatic heterocycles. The van der Waals surface area contributed by atoms with Crippen LogP contribution in [0.4, 0.5) is 5.69 Å². The molecule has 0 saturated heterocycles. The quantitative estimate of drug-likeness (QED) is 0.510. The highest BCUT2D eigenvalue weighted by Gasteiger charge is 2.19. The number of carbonyl (C=O) groups is 2. The lowest BCUT2D eigenvalue weighted by atomic mass is 10.2. The summed E-state index contributed by atoms with van der Waals surface area (Å²) in [5, 5.41) is 7.44. The lowest BCUT2D eigenvalue weighted by Crippen LogP contribution is -2.38. The Labute approximate surface area is 189 Å². The number of anilines is 1. The number of nitrogens with zero attached hydrogens (tertiary/aromatic N) is 4. The number of aromatic nitrogens is 3. The predicted octanol–water partition coefficient (Wildman–Crippen LogP) is 4.25. The summed E-state index contributed by atoms with van der Waals surface area (Å²) < 4.78 is 5.24. The van der Waals surface area contributed by atoms with E-state index in [1.54, 1.807) is 36.7 Å². The van der Waals surface area contributed by atoms with Gasteiger partial charge < -0.3 is 14.7 Å². The zero-order chi connectivity index (χ0) is 22.2. The highest BCUT2D eigenvalue weighted by molar-refractivity contribution is 6.36. The number of nitrogens with one attached hydrogen (secondary N) is 1. The monoisotopic (exact) mass is 461 g/mol. The van der Waals surface area contributed by atoms with Crippen molar-refractivity contribution in [2.75, 3.05) is 18.4 Å². The fourth-order valence-corrected chi connectivity index (χ4v) is 3.32. The van der Waals surface area contributed by atoms with E-state index in [-0.39, 0.29) is 31.2 Å². The molecule has 1 aromatic carbocycles. The van der Waals surface area contributed by atoms with E-state index in [2.05, 4.69) is 20.4 Å². The van der Waals surface area contributed by atoms with Gasteiger partial charge in [0, 0.05) is 42.4 Å². The number of amides is 2. The minimum Gasteiger partial charge on any atom is -0.339 e. The van der Waals surface area contributed by atoms with Crippen molar-refractivity contribution in [3.8, 4) is 11.4 Å². The van der Waals surface area contributed by atoms with Gasteiger partial charge in [-0.3, -0.25) is 14.6 Å². The molecule has 3 aromatic rings. The second kappa shape index (κ2) is 10.9. The number of hydrogen-bond acceptors (Lipinski definition) is 6. The second-order valence-electron chi connectivity index (χ2n) is 6.74. The minimum absolute atomic E-state index is 0.0856. The molecular weight excluding hydrogens is 441 g/mol. The van der Waals surface area contributed by atoms with Crippen LogP contribution in [0.5, 0.6) is 0 Å². The van der Waals surface area contributed by atoms with Gasteiger partial charge >= 0.3 is 0 Å². The predicted molar refractivity (Wildman–Crippen MR) is 118 cm³/mol. The molecule has 0 spiro atoms. The zero-order valence-corrected chi connectivity index (χ0v) is 18.4. The first-order valence-electron chi connectivity index (χ1n) is 9.72. The fourth-order valence-electron chi connectivity index (χ4n) is 2.86. The number of halogens is 2. The van der Waals surface area contributed by atoms with Gasteiger partial charge in [-0.2, -0.15) is 4.98 Å². The Morgan fingerprint density at radius 3 is 2.65 bits per heavy atom. The van der Waals surface area contributed by atoms with Crippen molar-refractivity contribution in [3.63, 3.8) is 0 Å². The van der Waals surface area contributed by atoms with E-state index in [1.807, 2.05) is 6.92 Å². The van der Waals surface area contributed by atoms with E-state index in [9.17, 15) is 9.59 Å². The van der Waals surface area contributed by atoms with Crippen molar-refractivity contribution in [2.45, 2.75) is 26.2 Å². The van der Waals surface area contributed by atoms with Crippen LogP contribution in [0.1, 0.15) is 25.7 Å². The molecular formula is C21H21Cl2N5O3. The molecule has 31 heavy (non-hydrogen) atoms. The molecule has 0 aliphatic carbocycles. The molecule has 3 rings (SSSR count). The maximum Gasteiger partial charge on any atom is 0.244 e. The highest BCUT2D eigenvalue weighted by atomic mass is 35.5. The summed E-state index contributed by atoms with van der Waals surface area (Å²) in [7, 11) is 0. The Morgan fingerprint density at radius 2 is 1.94 bits per heavy atom. The lowest BCUT2D eigenvalue weighted by molar-refractivity contribution is -0.134. The summed E-state index contributed by atoms with van der Waals surface area (Å²) in [6.07, 6.45) is 4.42. The smallest absolute Gasteiger partial charge is 0.244 e. The van der Waals surface area contributed by atoms with Gasteiger partial charge in [0.25, 0.3) is 0 Å². The molecule has 1 N–H and O–H groups in total. The van der Waals surface area contributed by atoms with E-state index >= 15 is 0 Å². The first-order valence-corrected chi connectivity index (χ1v) is 10.5. The number of hydrogen-bond donors (Lipinski definition) is 1. The number of benzene rings is 1. The topological polar surface area (TPSA) is 101 Å². The van der Waals surface area contributed by atoms with Crippen LogP contribution in [-0.2, 0) is 16.0 Å². The molecule has 0 saturated carbocycles. The van der Waals surface area contributed by atoms with Crippen molar-refractivity contribution < 1.29 is 14.1 Å². The Hall–Kier alpha value is -2.97. The third-order valence-corrected chi connectivity index (χ3v) is 4.89. The van der Waals surface area contributed by atoms with E-state index in [0.29, 0.717) is 40.4 Å². The fraction of sp³-hybridized carbons (Fsp3) is 0.286. The van der Waals surface area contributed by atoms with Crippen molar-refractivity contribution in [1.82, 2.24) is 20.0 Å². The first-order chi connectivity index (χ1) is 15.0. The van der Waals surface area contributed by atoms with Crippen LogP contribution < -0.4 is 5.32 Å². The van der Waals surface area contributed by atoms with Crippen molar-refractivity contribution >= 4 is 40.7 Å². The summed E-state index contributed by atoms with van der Waals surface area (Å²) in [5.74, 6) is 0.273. The normalized spacial score (nSPS) is 10.7. The van der Waals surface area contributed by atoms with Crippen LogP contribution in [0, 0.1) is 0 Å². The first kappa shape index (κ1) is 22.7. The molecule has 2 heterocycles. The van der Waals surface area contributed by atoms with Crippen LogP contribution in [0.3, 0.4) is 0 Å². The molecule has 0 unspecified atom stereocenters. The van der Waals surface area contributed by atoms with Gasteiger partial charge in [-0.25, -0.2) is 0 Å². The van der Waals surface area contributed by atoms with Crippen LogP contribution in [0.2, 0.25) is 10.0 Å². The number of pyridine rings is 1. The second-order valence-corrected chi connectivity index (χ2v) is 7.58. The molecule has 0 atom stereocenters. The number of aryl methyl sites for hydroxylation is 1. The third kappa shape index (κ3) is 6.50. The van der Waals surface area contributed by atoms with Crippen LogP contribution in [0.25, 0.3) is 11.4 Å². The molecule has 0 radical (unpaired) electrons. The minimum atomic E-state index is -0.344. The van der Waals surface area contributed by atoms with Crippen LogP contribution in [0.15, 0.2) is 47.2 Å². The van der Waals surface area contributed by atoms with Crippen LogP contribution >= 0.6 is 23.2 Å². The Balaban J connectivity index is 1.56. The van der Waals surface area contributed by atoms with Gasteiger partial charge in [0.2, 0.25) is 23.5 Å². The largest absolute Gasteiger partial charge is 0.339 e. The van der Waals surface area contributed by atoms with Gasteiger partial charge in [-0.1, -0.05) is 35.3 Å². The van der Waals surface area contributed by atoms with Crippen molar-refractivity contribution in [2.24, 2.45) is 0 Å². The highest BCUT2D eigenvalue weighted by Crippen LogP contribution is 2.25. The lowest BCUT2D eigenvalue weighted by Gasteiger charge is -2.21. The van der Waals surface area contributed by atoms with E-state index in [0.717, 1.165) is 5.56 Å². The van der Waals surface area contributed by atoms with Crippen LogP contribution in [-0.4, -0.2) is 44.9 Å².